The Balaban J connectivity index is 1.97. The van der Waals surface area contributed by atoms with Crippen molar-refractivity contribution in [3.8, 4) is 16.9 Å². The van der Waals surface area contributed by atoms with Crippen LogP contribution in [0.2, 0.25) is 5.02 Å². The number of benzene rings is 2. The molecule has 2 aromatic rings. The molecule has 1 aliphatic heterocycles. The van der Waals surface area contributed by atoms with Crippen LogP contribution in [-0.2, 0) is 11.2 Å². The molecule has 0 radical (unpaired) electrons. The van der Waals surface area contributed by atoms with Crippen LogP contribution in [-0.4, -0.2) is 18.6 Å². The summed E-state index contributed by atoms with van der Waals surface area (Å²) < 4.78 is 20.2. The molecule has 0 saturated heterocycles. The summed E-state index contributed by atoms with van der Waals surface area (Å²) in [6, 6.07) is 10.3. The normalized spacial score (nSPS) is 16.0. The predicted molar refractivity (Wildman–Crippen MR) is 83.6 cm³/mol. The quantitative estimate of drug-likeness (QED) is 0.939. The first-order chi connectivity index (χ1) is 10.6. The van der Waals surface area contributed by atoms with E-state index in [1.807, 2.05) is 6.07 Å². The molecule has 3 nitrogen and oxygen atoms in total. The van der Waals surface area contributed by atoms with Crippen LogP contribution in [0.5, 0.6) is 5.75 Å². The van der Waals surface area contributed by atoms with Gasteiger partial charge in [-0.25, -0.2) is 4.39 Å². The van der Waals surface area contributed by atoms with E-state index < -0.39 is 0 Å². The van der Waals surface area contributed by atoms with E-state index in [2.05, 4.69) is 5.32 Å². The predicted octanol–water partition coefficient (Wildman–Crippen LogP) is 3.59. The van der Waals surface area contributed by atoms with Crippen molar-refractivity contribution >= 4 is 17.5 Å². The lowest BCUT2D eigenvalue weighted by molar-refractivity contribution is -0.119. The molecule has 0 saturated carbocycles. The molecule has 0 spiro atoms. The molecule has 0 aromatic heterocycles. The molecule has 1 unspecified atom stereocenters. The van der Waals surface area contributed by atoms with Crippen molar-refractivity contribution in [2.45, 2.75) is 19.4 Å². The van der Waals surface area contributed by atoms with Gasteiger partial charge in [0.05, 0.1) is 12.1 Å². The number of hydrogen-bond donors (Lipinski definition) is 1. The van der Waals surface area contributed by atoms with Crippen LogP contribution in [0, 0.1) is 5.82 Å². The van der Waals surface area contributed by atoms with Gasteiger partial charge in [0.25, 0.3) is 0 Å². The van der Waals surface area contributed by atoms with Crippen molar-refractivity contribution in [2.75, 3.05) is 6.54 Å². The molecule has 0 aliphatic carbocycles. The molecular weight excluding hydrogens is 305 g/mol. The van der Waals surface area contributed by atoms with Gasteiger partial charge in [-0.3, -0.25) is 4.79 Å². The summed E-state index contributed by atoms with van der Waals surface area (Å²) in [5.41, 5.74) is 1.92. The van der Waals surface area contributed by atoms with Crippen molar-refractivity contribution in [1.82, 2.24) is 5.32 Å². The lowest BCUT2D eigenvalue weighted by Gasteiger charge is -2.14. The van der Waals surface area contributed by atoms with E-state index in [1.165, 1.54) is 13.0 Å². The van der Waals surface area contributed by atoms with Crippen LogP contribution in [0.25, 0.3) is 11.1 Å². The minimum Gasteiger partial charge on any atom is -0.487 e. The number of carbonyl (C=O) groups is 1. The molecular formula is C17H15ClFNO2. The van der Waals surface area contributed by atoms with E-state index in [0.29, 0.717) is 34.9 Å². The molecule has 1 atom stereocenters. The van der Waals surface area contributed by atoms with Gasteiger partial charge in [-0.05, 0) is 17.7 Å². The Morgan fingerprint density at radius 2 is 2.14 bits per heavy atom. The van der Waals surface area contributed by atoms with E-state index in [0.717, 1.165) is 5.56 Å². The van der Waals surface area contributed by atoms with Crippen LogP contribution in [0.4, 0.5) is 4.39 Å². The zero-order valence-corrected chi connectivity index (χ0v) is 12.8. The first-order valence-corrected chi connectivity index (χ1v) is 7.41. The number of halogens is 2. The first-order valence-electron chi connectivity index (χ1n) is 7.03. The molecule has 0 fully saturated rings. The monoisotopic (exact) mass is 319 g/mol. The third-order valence-electron chi connectivity index (χ3n) is 3.64. The lowest BCUT2D eigenvalue weighted by atomic mass is 10.00. The van der Waals surface area contributed by atoms with Crippen LogP contribution < -0.4 is 10.1 Å². The Bertz CT molecular complexity index is 733. The molecule has 0 bridgehead atoms. The minimum absolute atomic E-state index is 0.114. The van der Waals surface area contributed by atoms with Gasteiger partial charge in [-0.1, -0.05) is 35.9 Å². The summed E-state index contributed by atoms with van der Waals surface area (Å²) in [6.45, 7) is 1.85. The van der Waals surface area contributed by atoms with Gasteiger partial charge in [0.1, 0.15) is 17.7 Å². The highest BCUT2D eigenvalue weighted by Crippen LogP contribution is 2.42. The maximum atomic E-state index is 14.3. The fraction of sp³-hybridized carbons (Fsp3) is 0.235. The Hall–Kier alpha value is -2.07. The number of amides is 1. The van der Waals surface area contributed by atoms with Gasteiger partial charge < -0.3 is 10.1 Å². The van der Waals surface area contributed by atoms with Crippen molar-refractivity contribution in [2.24, 2.45) is 0 Å². The number of carbonyl (C=O) groups excluding carboxylic acids is 1. The van der Waals surface area contributed by atoms with E-state index >= 15 is 0 Å². The second kappa shape index (κ2) is 5.97. The zero-order chi connectivity index (χ0) is 15.7. The third-order valence-corrected chi connectivity index (χ3v) is 3.97. The molecule has 114 valence electrons. The van der Waals surface area contributed by atoms with Crippen LogP contribution in [0.1, 0.15) is 12.5 Å². The fourth-order valence-corrected chi connectivity index (χ4v) is 2.87. The number of rotatable bonds is 3. The fourth-order valence-electron chi connectivity index (χ4n) is 2.64. The van der Waals surface area contributed by atoms with Crippen molar-refractivity contribution < 1.29 is 13.9 Å². The van der Waals surface area contributed by atoms with Gasteiger partial charge in [0.2, 0.25) is 5.91 Å². The highest BCUT2D eigenvalue weighted by molar-refractivity contribution is 6.33. The smallest absolute Gasteiger partial charge is 0.217 e. The summed E-state index contributed by atoms with van der Waals surface area (Å²) >= 11 is 6.19. The van der Waals surface area contributed by atoms with Crippen molar-refractivity contribution in [1.29, 1.82) is 0 Å². The minimum atomic E-state index is -0.368. The largest absolute Gasteiger partial charge is 0.487 e. The van der Waals surface area contributed by atoms with Crippen LogP contribution >= 0.6 is 11.6 Å². The first kappa shape index (κ1) is 14.9. The van der Waals surface area contributed by atoms with E-state index in [-0.39, 0.29) is 17.8 Å². The Morgan fingerprint density at radius 1 is 1.36 bits per heavy atom. The molecule has 2 aromatic carbocycles. The molecule has 3 rings (SSSR count). The molecule has 22 heavy (non-hydrogen) atoms. The molecule has 1 amide bonds. The lowest BCUT2D eigenvalue weighted by Crippen LogP contribution is -2.32. The maximum absolute atomic E-state index is 14.3. The van der Waals surface area contributed by atoms with E-state index in [1.54, 1.807) is 24.3 Å². The Labute approximate surface area is 133 Å². The zero-order valence-electron chi connectivity index (χ0n) is 12.0. The number of nitrogens with one attached hydrogen (secondary N) is 1. The number of hydrogen-bond acceptors (Lipinski definition) is 2. The standard InChI is InChI=1S/C17H15ClFNO2/c1-10(21)20-9-12-8-11-6-7-15(19)16(17(11)22-12)13-4-2-3-5-14(13)18/h2-7,12H,8-9H2,1H3,(H,20,21). The second-order valence-electron chi connectivity index (χ2n) is 5.27. The summed E-state index contributed by atoms with van der Waals surface area (Å²) in [7, 11) is 0. The van der Waals surface area contributed by atoms with Gasteiger partial charge in [0.15, 0.2) is 0 Å². The summed E-state index contributed by atoms with van der Waals surface area (Å²) in [4.78, 5) is 11.0. The van der Waals surface area contributed by atoms with Crippen molar-refractivity contribution in [3.05, 3.63) is 52.8 Å². The van der Waals surface area contributed by atoms with Gasteiger partial charge >= 0.3 is 0 Å². The number of ether oxygens (including phenoxy) is 1. The molecule has 1 N–H and O–H groups in total. The average molecular weight is 320 g/mol. The third kappa shape index (κ3) is 2.79. The van der Waals surface area contributed by atoms with E-state index in [9.17, 15) is 9.18 Å². The number of fused-ring (bicyclic) bond motifs is 1. The molecule has 1 aliphatic rings. The summed E-state index contributed by atoms with van der Waals surface area (Å²) in [5.74, 6) is 0.0348. The summed E-state index contributed by atoms with van der Waals surface area (Å²) in [5, 5.41) is 3.20. The van der Waals surface area contributed by atoms with Gasteiger partial charge in [-0.15, -0.1) is 0 Å². The maximum Gasteiger partial charge on any atom is 0.217 e. The highest BCUT2D eigenvalue weighted by atomic mass is 35.5. The van der Waals surface area contributed by atoms with Crippen LogP contribution in [0.3, 0.4) is 0 Å². The second-order valence-corrected chi connectivity index (χ2v) is 5.68. The molecule has 1 heterocycles. The topological polar surface area (TPSA) is 38.3 Å². The average Bonchev–Trinajstić information content (AvgIpc) is 2.89. The van der Waals surface area contributed by atoms with Crippen molar-refractivity contribution in [3.63, 3.8) is 0 Å². The SMILES string of the molecule is CC(=O)NCC1Cc2ccc(F)c(-c3ccccc3Cl)c2O1. The molecule has 5 heteroatoms. The summed E-state index contributed by atoms with van der Waals surface area (Å²) in [6.07, 6.45) is 0.440. The van der Waals surface area contributed by atoms with Gasteiger partial charge in [-0.2, -0.15) is 0 Å². The van der Waals surface area contributed by atoms with Gasteiger partial charge in [0, 0.05) is 23.9 Å². The van der Waals surface area contributed by atoms with E-state index in [4.69, 9.17) is 16.3 Å². The highest BCUT2D eigenvalue weighted by Gasteiger charge is 2.28. The Kier molecular flexibility index (Phi) is 4.03. The van der Waals surface area contributed by atoms with Crippen LogP contribution in [0.15, 0.2) is 36.4 Å². The Morgan fingerprint density at radius 3 is 2.86 bits per heavy atom.